The molecule has 4 rings (SSSR count). The fourth-order valence-electron chi connectivity index (χ4n) is 3.28. The molecule has 0 atom stereocenters. The predicted molar refractivity (Wildman–Crippen MR) is 133 cm³/mol. The standard InChI is InChI=1S/C25H18Br2N2O5/c26-19-8-3-15(4-9-19)13-29-23(30)21(28-25(29)33)12-17-5-10-22(20(27)11-17)34-14-16-1-6-18(7-2-16)24(31)32/h1-12H,13-14H2,(H,28,33)(H,31,32)/b21-12+. The average molecular weight is 586 g/mol. The SMILES string of the molecule is O=C(O)c1ccc(COc2ccc(/C=C3/NC(=O)N(Cc4ccc(Br)cc4)C3=O)cc2Br)cc1. The summed E-state index contributed by atoms with van der Waals surface area (Å²) in [7, 11) is 0. The van der Waals surface area contributed by atoms with Gasteiger partial charge in [-0.05, 0) is 75.1 Å². The van der Waals surface area contributed by atoms with Crippen molar-refractivity contribution in [1.82, 2.24) is 10.2 Å². The smallest absolute Gasteiger partial charge is 0.335 e. The van der Waals surface area contributed by atoms with Crippen molar-refractivity contribution in [3.8, 4) is 5.75 Å². The van der Waals surface area contributed by atoms with E-state index in [0.29, 0.717) is 15.8 Å². The molecule has 0 spiro atoms. The Bertz CT molecular complexity index is 1290. The van der Waals surface area contributed by atoms with Crippen molar-refractivity contribution in [3.63, 3.8) is 0 Å². The molecular formula is C25H18Br2N2O5. The van der Waals surface area contributed by atoms with Gasteiger partial charge in [0.25, 0.3) is 5.91 Å². The highest BCUT2D eigenvalue weighted by Gasteiger charge is 2.33. The van der Waals surface area contributed by atoms with Crippen LogP contribution in [0, 0.1) is 0 Å². The number of carboxylic acid groups (broad SMARTS) is 1. The summed E-state index contributed by atoms with van der Waals surface area (Å²) >= 11 is 6.84. The van der Waals surface area contributed by atoms with E-state index in [4.69, 9.17) is 9.84 Å². The first kappa shape index (κ1) is 23.7. The van der Waals surface area contributed by atoms with E-state index in [1.807, 2.05) is 24.3 Å². The summed E-state index contributed by atoms with van der Waals surface area (Å²) < 4.78 is 7.41. The Labute approximate surface area is 212 Å². The van der Waals surface area contributed by atoms with Crippen LogP contribution in [0.25, 0.3) is 6.08 Å². The minimum absolute atomic E-state index is 0.180. The van der Waals surface area contributed by atoms with Crippen LogP contribution in [0.4, 0.5) is 4.79 Å². The molecule has 1 saturated heterocycles. The second-order valence-electron chi connectivity index (χ2n) is 7.49. The van der Waals surface area contributed by atoms with Crippen LogP contribution in [0.1, 0.15) is 27.0 Å². The minimum Gasteiger partial charge on any atom is -0.488 e. The van der Waals surface area contributed by atoms with Gasteiger partial charge in [-0.15, -0.1) is 0 Å². The molecule has 172 valence electrons. The number of aromatic carboxylic acids is 1. The predicted octanol–water partition coefficient (Wildman–Crippen LogP) is 5.58. The number of hydrogen-bond acceptors (Lipinski definition) is 4. The zero-order valence-corrected chi connectivity index (χ0v) is 20.8. The zero-order chi connectivity index (χ0) is 24.2. The topological polar surface area (TPSA) is 95.9 Å². The molecule has 0 bridgehead atoms. The van der Waals surface area contributed by atoms with E-state index >= 15 is 0 Å². The Morgan fingerprint density at radius 1 is 0.971 bits per heavy atom. The van der Waals surface area contributed by atoms with Crippen molar-refractivity contribution in [2.45, 2.75) is 13.2 Å². The Morgan fingerprint density at radius 3 is 2.29 bits per heavy atom. The third-order valence-corrected chi connectivity index (χ3v) is 6.23. The number of amides is 3. The molecule has 3 aromatic carbocycles. The van der Waals surface area contributed by atoms with E-state index in [9.17, 15) is 14.4 Å². The largest absolute Gasteiger partial charge is 0.488 e. The van der Waals surface area contributed by atoms with Gasteiger partial charge in [0.1, 0.15) is 18.1 Å². The van der Waals surface area contributed by atoms with Crippen LogP contribution in [-0.2, 0) is 17.9 Å². The Hall–Kier alpha value is -3.43. The summed E-state index contributed by atoms with van der Waals surface area (Å²) in [6.45, 7) is 0.442. The summed E-state index contributed by atoms with van der Waals surface area (Å²) in [5, 5.41) is 11.6. The molecule has 0 radical (unpaired) electrons. The van der Waals surface area contributed by atoms with Gasteiger partial charge in [0.15, 0.2) is 0 Å². The van der Waals surface area contributed by atoms with E-state index in [1.54, 1.807) is 36.4 Å². The summed E-state index contributed by atoms with van der Waals surface area (Å²) in [6, 6.07) is 18.7. The van der Waals surface area contributed by atoms with Crippen molar-refractivity contribution in [2.24, 2.45) is 0 Å². The first-order chi connectivity index (χ1) is 16.3. The van der Waals surface area contributed by atoms with Gasteiger partial charge in [-0.1, -0.05) is 46.3 Å². The minimum atomic E-state index is -0.978. The van der Waals surface area contributed by atoms with Crippen LogP contribution in [0.15, 0.2) is 81.4 Å². The summed E-state index contributed by atoms with van der Waals surface area (Å²) in [4.78, 5) is 37.2. The lowest BCUT2D eigenvalue weighted by Gasteiger charge is -2.11. The van der Waals surface area contributed by atoms with Crippen LogP contribution in [0.5, 0.6) is 5.75 Å². The van der Waals surface area contributed by atoms with Gasteiger partial charge in [0.05, 0.1) is 16.6 Å². The van der Waals surface area contributed by atoms with Crippen LogP contribution in [-0.4, -0.2) is 27.9 Å². The van der Waals surface area contributed by atoms with Crippen LogP contribution in [0.3, 0.4) is 0 Å². The Morgan fingerprint density at radius 2 is 1.65 bits per heavy atom. The molecule has 3 amide bonds. The molecule has 1 aliphatic rings. The monoisotopic (exact) mass is 584 g/mol. The molecule has 34 heavy (non-hydrogen) atoms. The molecule has 2 N–H and O–H groups in total. The van der Waals surface area contributed by atoms with E-state index < -0.39 is 17.9 Å². The first-order valence-electron chi connectivity index (χ1n) is 10.1. The fraction of sp³-hybridized carbons (Fsp3) is 0.0800. The summed E-state index contributed by atoms with van der Waals surface area (Å²) in [5.41, 5.74) is 2.79. The van der Waals surface area contributed by atoms with Crippen molar-refractivity contribution in [2.75, 3.05) is 0 Å². The molecule has 0 aliphatic carbocycles. The van der Waals surface area contributed by atoms with Crippen molar-refractivity contribution < 1.29 is 24.2 Å². The van der Waals surface area contributed by atoms with E-state index in [-0.39, 0.29) is 24.4 Å². The molecule has 0 aromatic heterocycles. The molecule has 9 heteroatoms. The number of halogens is 2. The molecule has 1 aliphatic heterocycles. The number of rotatable bonds is 7. The zero-order valence-electron chi connectivity index (χ0n) is 17.6. The lowest BCUT2D eigenvalue weighted by Crippen LogP contribution is -2.30. The van der Waals surface area contributed by atoms with Crippen molar-refractivity contribution in [1.29, 1.82) is 0 Å². The number of hydrogen-bond donors (Lipinski definition) is 2. The highest BCUT2D eigenvalue weighted by molar-refractivity contribution is 9.10. The number of imide groups is 1. The number of carbonyl (C=O) groups is 3. The lowest BCUT2D eigenvalue weighted by molar-refractivity contribution is -0.123. The molecule has 0 saturated carbocycles. The number of urea groups is 1. The van der Waals surface area contributed by atoms with Crippen LogP contribution < -0.4 is 10.1 Å². The van der Waals surface area contributed by atoms with Gasteiger partial charge in [-0.25, -0.2) is 9.59 Å². The quantitative estimate of drug-likeness (QED) is 0.279. The fourth-order valence-corrected chi connectivity index (χ4v) is 4.06. The molecular weight excluding hydrogens is 568 g/mol. The number of nitrogens with zero attached hydrogens (tertiary/aromatic N) is 1. The molecule has 1 fully saturated rings. The lowest BCUT2D eigenvalue weighted by atomic mass is 10.1. The third kappa shape index (κ3) is 5.55. The second kappa shape index (κ2) is 10.2. The maximum absolute atomic E-state index is 12.8. The number of benzene rings is 3. The van der Waals surface area contributed by atoms with Crippen LogP contribution >= 0.6 is 31.9 Å². The summed E-state index contributed by atoms with van der Waals surface area (Å²) in [5.74, 6) is -0.787. The number of ether oxygens (including phenoxy) is 1. The van der Waals surface area contributed by atoms with Gasteiger partial charge in [0.2, 0.25) is 0 Å². The Kier molecular flexibility index (Phi) is 7.14. The number of nitrogens with one attached hydrogen (secondary N) is 1. The summed E-state index contributed by atoms with van der Waals surface area (Å²) in [6.07, 6.45) is 1.61. The van der Waals surface area contributed by atoms with Gasteiger partial charge < -0.3 is 15.2 Å². The number of carbonyl (C=O) groups excluding carboxylic acids is 2. The van der Waals surface area contributed by atoms with Crippen molar-refractivity contribution >= 4 is 55.8 Å². The average Bonchev–Trinajstić information content (AvgIpc) is 3.07. The molecule has 3 aromatic rings. The molecule has 1 heterocycles. The molecule has 0 unspecified atom stereocenters. The first-order valence-corrected chi connectivity index (χ1v) is 11.7. The van der Waals surface area contributed by atoms with E-state index in [0.717, 1.165) is 20.5 Å². The molecule has 7 nitrogen and oxygen atoms in total. The maximum atomic E-state index is 12.8. The third-order valence-electron chi connectivity index (χ3n) is 5.08. The Balaban J connectivity index is 1.42. The normalized spacial score (nSPS) is 14.4. The maximum Gasteiger partial charge on any atom is 0.335 e. The van der Waals surface area contributed by atoms with Gasteiger partial charge in [0, 0.05) is 4.47 Å². The van der Waals surface area contributed by atoms with Crippen LogP contribution in [0.2, 0.25) is 0 Å². The van der Waals surface area contributed by atoms with Crippen molar-refractivity contribution in [3.05, 3.63) is 104 Å². The number of carboxylic acids is 1. The highest BCUT2D eigenvalue weighted by atomic mass is 79.9. The highest BCUT2D eigenvalue weighted by Crippen LogP contribution is 2.28. The van der Waals surface area contributed by atoms with Gasteiger partial charge >= 0.3 is 12.0 Å². The second-order valence-corrected chi connectivity index (χ2v) is 9.26. The van der Waals surface area contributed by atoms with E-state index in [1.165, 1.54) is 12.1 Å². The van der Waals surface area contributed by atoms with E-state index in [2.05, 4.69) is 37.2 Å². The van der Waals surface area contributed by atoms with Gasteiger partial charge in [-0.3, -0.25) is 9.69 Å². The van der Waals surface area contributed by atoms with Gasteiger partial charge in [-0.2, -0.15) is 0 Å².